The van der Waals surface area contributed by atoms with Gasteiger partial charge >= 0.3 is 0 Å². The monoisotopic (exact) mass is 171 g/mol. The van der Waals surface area contributed by atoms with Gasteiger partial charge in [-0.1, -0.05) is 0 Å². The van der Waals surface area contributed by atoms with Crippen LogP contribution in [-0.4, -0.2) is 18.1 Å². The minimum absolute atomic E-state index is 0.427. The lowest BCUT2D eigenvalue weighted by molar-refractivity contribution is -0.128. The molecular formula is C7H9NO2S. The van der Waals surface area contributed by atoms with E-state index in [1.807, 2.05) is 12.3 Å². The molecule has 0 saturated carbocycles. The predicted octanol–water partition coefficient (Wildman–Crippen LogP) is 1.17. The van der Waals surface area contributed by atoms with E-state index in [0.29, 0.717) is 13.1 Å². The molecule has 1 rings (SSSR count). The summed E-state index contributed by atoms with van der Waals surface area (Å²) in [5.41, 5.74) is 1.02. The van der Waals surface area contributed by atoms with E-state index in [1.54, 1.807) is 11.3 Å². The summed E-state index contributed by atoms with van der Waals surface area (Å²) in [7, 11) is 0. The van der Waals surface area contributed by atoms with Crippen LogP contribution in [0.1, 0.15) is 10.7 Å². The molecule has 0 aliphatic carbocycles. The standard InChI is InChI=1S/C7H9NO2S/c1-6-4-11-7(8-6)2-3-10-5-9/h4-5H,2-3H2,1H3. The van der Waals surface area contributed by atoms with Gasteiger partial charge in [-0.05, 0) is 6.92 Å². The number of aromatic nitrogens is 1. The Hall–Kier alpha value is -0.900. The number of ether oxygens (including phenoxy) is 1. The third-order valence-corrected chi connectivity index (χ3v) is 2.19. The fourth-order valence-electron chi connectivity index (χ4n) is 0.712. The molecule has 0 fully saturated rings. The zero-order valence-corrected chi connectivity index (χ0v) is 7.06. The molecule has 0 aromatic carbocycles. The third-order valence-electron chi connectivity index (χ3n) is 1.17. The van der Waals surface area contributed by atoms with Gasteiger partial charge in [0.25, 0.3) is 6.47 Å². The lowest BCUT2D eigenvalue weighted by Crippen LogP contribution is -1.95. The second-order valence-electron chi connectivity index (χ2n) is 2.10. The average molecular weight is 171 g/mol. The van der Waals surface area contributed by atoms with Gasteiger partial charge in [0.05, 0.1) is 11.6 Å². The van der Waals surface area contributed by atoms with Crippen LogP contribution in [0.5, 0.6) is 0 Å². The Balaban J connectivity index is 2.32. The van der Waals surface area contributed by atoms with E-state index in [-0.39, 0.29) is 0 Å². The second-order valence-corrected chi connectivity index (χ2v) is 3.04. The minimum atomic E-state index is 0.427. The molecule has 0 spiro atoms. The highest BCUT2D eigenvalue weighted by atomic mass is 32.1. The number of carbonyl (C=O) groups is 1. The maximum atomic E-state index is 9.76. The van der Waals surface area contributed by atoms with Crippen LogP contribution in [0.2, 0.25) is 0 Å². The molecule has 1 aromatic heterocycles. The second kappa shape index (κ2) is 4.08. The Labute approximate surface area is 69.0 Å². The Morgan fingerprint density at radius 1 is 1.82 bits per heavy atom. The van der Waals surface area contributed by atoms with Crippen molar-refractivity contribution in [2.24, 2.45) is 0 Å². The first-order valence-corrected chi connectivity index (χ1v) is 4.17. The van der Waals surface area contributed by atoms with Gasteiger partial charge in [-0.25, -0.2) is 4.98 Å². The Bertz CT molecular complexity index is 234. The third kappa shape index (κ3) is 2.67. The minimum Gasteiger partial charge on any atom is -0.467 e. The topological polar surface area (TPSA) is 39.2 Å². The molecule has 0 unspecified atom stereocenters. The van der Waals surface area contributed by atoms with Gasteiger partial charge in [0, 0.05) is 17.5 Å². The molecule has 60 valence electrons. The van der Waals surface area contributed by atoms with Crippen molar-refractivity contribution in [2.75, 3.05) is 6.61 Å². The van der Waals surface area contributed by atoms with Gasteiger partial charge in [0.15, 0.2) is 0 Å². The summed E-state index contributed by atoms with van der Waals surface area (Å²) in [4.78, 5) is 14.0. The molecule has 0 saturated heterocycles. The quantitative estimate of drug-likeness (QED) is 0.504. The Morgan fingerprint density at radius 2 is 2.64 bits per heavy atom. The van der Waals surface area contributed by atoms with Crippen LogP contribution in [0.25, 0.3) is 0 Å². The maximum absolute atomic E-state index is 9.76. The fraction of sp³-hybridized carbons (Fsp3) is 0.429. The zero-order chi connectivity index (χ0) is 8.10. The smallest absolute Gasteiger partial charge is 0.293 e. The van der Waals surface area contributed by atoms with Crippen molar-refractivity contribution in [3.8, 4) is 0 Å². The number of aryl methyl sites for hydroxylation is 1. The first kappa shape index (κ1) is 8.20. The molecule has 0 N–H and O–H groups in total. The summed E-state index contributed by atoms with van der Waals surface area (Å²) in [6.07, 6.45) is 0.719. The fourth-order valence-corrected chi connectivity index (χ4v) is 1.47. The molecule has 3 nitrogen and oxygen atoms in total. The molecule has 0 radical (unpaired) electrons. The van der Waals surface area contributed by atoms with Crippen LogP contribution in [0, 0.1) is 6.92 Å². The highest BCUT2D eigenvalue weighted by Crippen LogP contribution is 2.08. The van der Waals surface area contributed by atoms with Crippen molar-refractivity contribution in [1.29, 1.82) is 0 Å². The van der Waals surface area contributed by atoms with Crippen LogP contribution >= 0.6 is 11.3 Å². The van der Waals surface area contributed by atoms with Crippen LogP contribution in [-0.2, 0) is 16.0 Å². The summed E-state index contributed by atoms with van der Waals surface area (Å²) in [5.74, 6) is 0. The first-order valence-electron chi connectivity index (χ1n) is 3.29. The van der Waals surface area contributed by atoms with Crippen LogP contribution in [0.15, 0.2) is 5.38 Å². The number of rotatable bonds is 4. The van der Waals surface area contributed by atoms with Gasteiger partial charge in [-0.2, -0.15) is 0 Å². The normalized spacial score (nSPS) is 9.55. The maximum Gasteiger partial charge on any atom is 0.293 e. The van der Waals surface area contributed by atoms with E-state index in [9.17, 15) is 4.79 Å². The number of hydrogen-bond acceptors (Lipinski definition) is 4. The summed E-state index contributed by atoms with van der Waals surface area (Å²) in [6.45, 7) is 2.83. The molecule has 0 aliphatic rings. The Kier molecular flexibility index (Phi) is 3.04. The predicted molar refractivity (Wildman–Crippen MR) is 42.6 cm³/mol. The number of nitrogens with zero attached hydrogens (tertiary/aromatic N) is 1. The van der Waals surface area contributed by atoms with Gasteiger partial charge in [0.1, 0.15) is 0 Å². The van der Waals surface area contributed by atoms with Crippen LogP contribution in [0.4, 0.5) is 0 Å². The number of hydrogen-bond donors (Lipinski definition) is 0. The van der Waals surface area contributed by atoms with E-state index < -0.39 is 0 Å². The van der Waals surface area contributed by atoms with Crippen molar-refractivity contribution in [2.45, 2.75) is 13.3 Å². The summed E-state index contributed by atoms with van der Waals surface area (Å²) in [5, 5.41) is 3.00. The number of carbonyl (C=O) groups excluding carboxylic acids is 1. The molecule has 4 heteroatoms. The average Bonchev–Trinajstić information content (AvgIpc) is 2.37. The first-order chi connectivity index (χ1) is 5.33. The summed E-state index contributed by atoms with van der Waals surface area (Å²) < 4.78 is 4.53. The van der Waals surface area contributed by atoms with Crippen molar-refractivity contribution >= 4 is 17.8 Å². The molecule has 0 bridgehead atoms. The molecule has 1 heterocycles. The van der Waals surface area contributed by atoms with Gasteiger partial charge in [0.2, 0.25) is 0 Å². The van der Waals surface area contributed by atoms with E-state index in [1.165, 1.54) is 0 Å². The summed E-state index contributed by atoms with van der Waals surface area (Å²) in [6, 6.07) is 0. The van der Waals surface area contributed by atoms with Crippen molar-refractivity contribution in [3.63, 3.8) is 0 Å². The highest BCUT2D eigenvalue weighted by Gasteiger charge is 1.97. The molecule has 11 heavy (non-hydrogen) atoms. The lowest BCUT2D eigenvalue weighted by atomic mass is 10.5. The zero-order valence-electron chi connectivity index (χ0n) is 6.24. The van der Waals surface area contributed by atoms with Crippen molar-refractivity contribution in [1.82, 2.24) is 4.98 Å². The highest BCUT2D eigenvalue weighted by molar-refractivity contribution is 7.09. The van der Waals surface area contributed by atoms with E-state index in [2.05, 4.69) is 9.72 Å². The van der Waals surface area contributed by atoms with Crippen LogP contribution in [0.3, 0.4) is 0 Å². The molecule has 0 aliphatic heterocycles. The molecule has 0 amide bonds. The van der Waals surface area contributed by atoms with E-state index in [4.69, 9.17) is 0 Å². The van der Waals surface area contributed by atoms with Crippen molar-refractivity contribution < 1.29 is 9.53 Å². The molecule has 0 atom stereocenters. The van der Waals surface area contributed by atoms with Crippen LogP contribution < -0.4 is 0 Å². The largest absolute Gasteiger partial charge is 0.467 e. The van der Waals surface area contributed by atoms with E-state index >= 15 is 0 Å². The summed E-state index contributed by atoms with van der Waals surface area (Å²) >= 11 is 1.59. The van der Waals surface area contributed by atoms with Gasteiger partial charge in [-0.3, -0.25) is 4.79 Å². The van der Waals surface area contributed by atoms with Crippen molar-refractivity contribution in [3.05, 3.63) is 16.1 Å². The van der Waals surface area contributed by atoms with Gasteiger partial charge < -0.3 is 4.74 Å². The molecule has 1 aromatic rings. The SMILES string of the molecule is Cc1csc(CCOC=O)n1. The van der Waals surface area contributed by atoms with E-state index in [0.717, 1.165) is 17.1 Å². The van der Waals surface area contributed by atoms with Gasteiger partial charge in [-0.15, -0.1) is 11.3 Å². The molecular weight excluding hydrogens is 162 g/mol. The number of thiazole rings is 1. The Morgan fingerprint density at radius 3 is 3.18 bits per heavy atom. The lowest BCUT2D eigenvalue weighted by Gasteiger charge is -1.92.